The SMILES string of the molecule is CC1CN(C(C)C#N)CCC1O. The Bertz CT molecular complexity index is 187. The third kappa shape index (κ3) is 1.96. The molecule has 3 heteroatoms. The summed E-state index contributed by atoms with van der Waals surface area (Å²) in [6, 6.07) is 2.20. The van der Waals surface area contributed by atoms with Gasteiger partial charge in [0.25, 0.3) is 0 Å². The van der Waals surface area contributed by atoms with Crippen LogP contribution in [0.2, 0.25) is 0 Å². The number of nitriles is 1. The summed E-state index contributed by atoms with van der Waals surface area (Å²) in [5, 5.41) is 18.1. The molecule has 0 aromatic rings. The Morgan fingerprint density at radius 2 is 2.33 bits per heavy atom. The summed E-state index contributed by atoms with van der Waals surface area (Å²) in [7, 11) is 0. The Morgan fingerprint density at radius 1 is 1.67 bits per heavy atom. The molecule has 1 aliphatic rings. The normalized spacial score (nSPS) is 34.2. The largest absolute Gasteiger partial charge is 0.393 e. The molecular weight excluding hydrogens is 152 g/mol. The van der Waals surface area contributed by atoms with E-state index in [2.05, 4.69) is 11.0 Å². The van der Waals surface area contributed by atoms with E-state index < -0.39 is 0 Å². The molecule has 0 spiro atoms. The molecular formula is C9H16N2O. The lowest BCUT2D eigenvalue weighted by molar-refractivity contribution is 0.0285. The van der Waals surface area contributed by atoms with Gasteiger partial charge in [-0.15, -0.1) is 0 Å². The fourth-order valence-electron chi connectivity index (χ4n) is 1.60. The van der Waals surface area contributed by atoms with Crippen molar-refractivity contribution in [2.45, 2.75) is 32.4 Å². The van der Waals surface area contributed by atoms with Crippen LogP contribution in [0, 0.1) is 17.2 Å². The minimum Gasteiger partial charge on any atom is -0.393 e. The molecule has 68 valence electrons. The van der Waals surface area contributed by atoms with Crippen LogP contribution in [-0.4, -0.2) is 35.2 Å². The van der Waals surface area contributed by atoms with E-state index in [-0.39, 0.29) is 12.1 Å². The fourth-order valence-corrected chi connectivity index (χ4v) is 1.60. The first-order valence-electron chi connectivity index (χ1n) is 4.47. The smallest absolute Gasteiger partial charge is 0.0949 e. The minimum absolute atomic E-state index is 0.0139. The van der Waals surface area contributed by atoms with Gasteiger partial charge in [-0.3, -0.25) is 4.90 Å². The van der Waals surface area contributed by atoms with E-state index in [1.54, 1.807) is 0 Å². The average molecular weight is 168 g/mol. The number of likely N-dealkylation sites (tertiary alicyclic amines) is 1. The van der Waals surface area contributed by atoms with Crippen LogP contribution in [0.1, 0.15) is 20.3 Å². The highest BCUT2D eigenvalue weighted by atomic mass is 16.3. The van der Waals surface area contributed by atoms with Crippen LogP contribution in [-0.2, 0) is 0 Å². The topological polar surface area (TPSA) is 47.3 Å². The summed E-state index contributed by atoms with van der Waals surface area (Å²) in [5.74, 6) is 0.301. The van der Waals surface area contributed by atoms with E-state index in [1.807, 2.05) is 13.8 Å². The summed E-state index contributed by atoms with van der Waals surface area (Å²) in [4.78, 5) is 2.12. The van der Waals surface area contributed by atoms with Gasteiger partial charge in [-0.1, -0.05) is 6.92 Å². The molecule has 0 aromatic carbocycles. The van der Waals surface area contributed by atoms with Crippen LogP contribution in [0.5, 0.6) is 0 Å². The van der Waals surface area contributed by atoms with Gasteiger partial charge in [0, 0.05) is 13.1 Å². The molecule has 1 N–H and O–H groups in total. The first kappa shape index (κ1) is 9.50. The second-order valence-corrected chi connectivity index (χ2v) is 3.63. The molecule has 1 aliphatic heterocycles. The van der Waals surface area contributed by atoms with Crippen molar-refractivity contribution in [2.75, 3.05) is 13.1 Å². The van der Waals surface area contributed by atoms with Crippen LogP contribution in [0.3, 0.4) is 0 Å². The molecule has 0 amide bonds. The molecule has 0 radical (unpaired) electrons. The fraction of sp³-hybridized carbons (Fsp3) is 0.889. The molecule has 1 saturated heterocycles. The Labute approximate surface area is 73.6 Å². The predicted molar refractivity (Wildman–Crippen MR) is 46.4 cm³/mol. The van der Waals surface area contributed by atoms with Crippen molar-refractivity contribution in [2.24, 2.45) is 5.92 Å². The zero-order chi connectivity index (χ0) is 9.14. The second kappa shape index (κ2) is 3.88. The van der Waals surface area contributed by atoms with Gasteiger partial charge >= 0.3 is 0 Å². The van der Waals surface area contributed by atoms with E-state index in [1.165, 1.54) is 0 Å². The van der Waals surface area contributed by atoms with Crippen molar-refractivity contribution in [3.05, 3.63) is 0 Å². The Morgan fingerprint density at radius 3 is 2.83 bits per heavy atom. The van der Waals surface area contributed by atoms with Gasteiger partial charge in [-0.2, -0.15) is 5.26 Å². The maximum Gasteiger partial charge on any atom is 0.0949 e. The highest BCUT2D eigenvalue weighted by Gasteiger charge is 2.26. The molecule has 1 heterocycles. The molecule has 0 bridgehead atoms. The van der Waals surface area contributed by atoms with Crippen molar-refractivity contribution >= 4 is 0 Å². The number of nitrogens with zero attached hydrogens (tertiary/aromatic N) is 2. The van der Waals surface area contributed by atoms with Gasteiger partial charge in [-0.05, 0) is 19.3 Å². The van der Waals surface area contributed by atoms with Gasteiger partial charge in [0.2, 0.25) is 0 Å². The third-order valence-corrected chi connectivity index (χ3v) is 2.63. The highest BCUT2D eigenvalue weighted by molar-refractivity contribution is 4.91. The number of aliphatic hydroxyl groups excluding tert-OH is 1. The monoisotopic (exact) mass is 168 g/mol. The van der Waals surface area contributed by atoms with Crippen LogP contribution >= 0.6 is 0 Å². The second-order valence-electron chi connectivity index (χ2n) is 3.63. The van der Waals surface area contributed by atoms with Crippen LogP contribution in [0.25, 0.3) is 0 Å². The first-order chi connectivity index (χ1) is 5.65. The zero-order valence-corrected chi connectivity index (χ0v) is 7.70. The van der Waals surface area contributed by atoms with Crippen LogP contribution < -0.4 is 0 Å². The van der Waals surface area contributed by atoms with E-state index in [0.717, 1.165) is 19.5 Å². The standard InChI is InChI=1S/C9H16N2O/c1-7-6-11(8(2)5-10)4-3-9(7)12/h7-9,12H,3-4,6H2,1-2H3. The Hall–Kier alpha value is -0.590. The molecule has 3 nitrogen and oxygen atoms in total. The zero-order valence-electron chi connectivity index (χ0n) is 7.70. The van der Waals surface area contributed by atoms with Crippen molar-refractivity contribution in [3.63, 3.8) is 0 Å². The quantitative estimate of drug-likeness (QED) is 0.623. The van der Waals surface area contributed by atoms with Gasteiger partial charge < -0.3 is 5.11 Å². The lowest BCUT2D eigenvalue weighted by Gasteiger charge is -2.35. The summed E-state index contributed by atoms with van der Waals surface area (Å²) >= 11 is 0. The average Bonchev–Trinajstić information content (AvgIpc) is 2.08. The minimum atomic E-state index is -0.174. The summed E-state index contributed by atoms with van der Waals surface area (Å²) in [5.41, 5.74) is 0. The van der Waals surface area contributed by atoms with Crippen molar-refractivity contribution < 1.29 is 5.11 Å². The van der Waals surface area contributed by atoms with E-state index >= 15 is 0 Å². The summed E-state index contributed by atoms with van der Waals surface area (Å²) < 4.78 is 0. The van der Waals surface area contributed by atoms with Crippen molar-refractivity contribution in [1.82, 2.24) is 4.90 Å². The first-order valence-corrected chi connectivity index (χ1v) is 4.47. The predicted octanol–water partition coefficient (Wildman–Crippen LogP) is 0.601. The summed E-state index contributed by atoms with van der Waals surface area (Å²) in [6.45, 7) is 5.63. The molecule has 3 atom stereocenters. The number of aliphatic hydroxyl groups is 1. The Balaban J connectivity index is 2.46. The van der Waals surface area contributed by atoms with E-state index in [0.29, 0.717) is 5.92 Å². The number of piperidine rings is 1. The Kier molecular flexibility index (Phi) is 3.07. The van der Waals surface area contributed by atoms with Gasteiger partial charge in [0.1, 0.15) is 0 Å². The molecule has 0 aromatic heterocycles. The van der Waals surface area contributed by atoms with Crippen LogP contribution in [0.4, 0.5) is 0 Å². The van der Waals surface area contributed by atoms with Gasteiger partial charge in [0.05, 0.1) is 18.2 Å². The molecule has 3 unspecified atom stereocenters. The molecule has 0 saturated carbocycles. The lowest BCUT2D eigenvalue weighted by Crippen LogP contribution is -2.45. The molecule has 0 aliphatic carbocycles. The van der Waals surface area contributed by atoms with Gasteiger partial charge in [-0.25, -0.2) is 0 Å². The number of rotatable bonds is 1. The maximum absolute atomic E-state index is 9.44. The number of hydrogen-bond acceptors (Lipinski definition) is 3. The molecule has 1 rings (SSSR count). The molecule has 1 fully saturated rings. The number of hydrogen-bond donors (Lipinski definition) is 1. The van der Waals surface area contributed by atoms with Gasteiger partial charge in [0.15, 0.2) is 0 Å². The summed E-state index contributed by atoms with van der Waals surface area (Å²) in [6.07, 6.45) is 0.625. The van der Waals surface area contributed by atoms with E-state index in [9.17, 15) is 5.11 Å². The van der Waals surface area contributed by atoms with E-state index in [4.69, 9.17) is 5.26 Å². The lowest BCUT2D eigenvalue weighted by atomic mass is 9.96. The molecule has 12 heavy (non-hydrogen) atoms. The van der Waals surface area contributed by atoms with Crippen LogP contribution in [0.15, 0.2) is 0 Å². The van der Waals surface area contributed by atoms with Crippen molar-refractivity contribution in [3.8, 4) is 6.07 Å². The third-order valence-electron chi connectivity index (χ3n) is 2.63. The highest BCUT2D eigenvalue weighted by Crippen LogP contribution is 2.17. The maximum atomic E-state index is 9.44. The van der Waals surface area contributed by atoms with Crippen molar-refractivity contribution in [1.29, 1.82) is 5.26 Å².